The maximum Gasteiger partial charge on any atom is 0.329 e. The Kier molecular flexibility index (Phi) is 4.01. The zero-order valence-electron chi connectivity index (χ0n) is 9.87. The molecule has 102 valence electrons. The van der Waals surface area contributed by atoms with E-state index in [0.29, 0.717) is 28.0 Å². The molecule has 1 aromatic carbocycles. The highest BCUT2D eigenvalue weighted by Crippen LogP contribution is 2.32. The summed E-state index contributed by atoms with van der Waals surface area (Å²) in [5, 5.41) is 14.7. The number of urea groups is 1. The van der Waals surface area contributed by atoms with E-state index in [-0.39, 0.29) is 0 Å². The lowest BCUT2D eigenvalue weighted by Crippen LogP contribution is -2.60. The van der Waals surface area contributed by atoms with Gasteiger partial charge >= 0.3 is 12.0 Å². The van der Waals surface area contributed by atoms with Crippen LogP contribution in [-0.4, -0.2) is 22.6 Å². The van der Waals surface area contributed by atoms with Crippen LogP contribution in [0.3, 0.4) is 0 Å². The van der Waals surface area contributed by atoms with Crippen LogP contribution in [0, 0.1) is 0 Å². The van der Waals surface area contributed by atoms with Gasteiger partial charge in [0.25, 0.3) is 0 Å². The molecule has 0 spiro atoms. The number of nitrogens with one attached hydrogen (secondary N) is 2. The lowest BCUT2D eigenvalue weighted by Gasteiger charge is -2.38. The zero-order valence-corrected chi connectivity index (χ0v) is 12.2. The predicted molar refractivity (Wildman–Crippen MR) is 75.5 cm³/mol. The first kappa shape index (κ1) is 14.1. The second-order valence-corrected chi connectivity index (χ2v) is 5.73. The van der Waals surface area contributed by atoms with Gasteiger partial charge in [-0.1, -0.05) is 11.6 Å². The highest BCUT2D eigenvalue weighted by atomic mass is 79.9. The molecule has 1 aromatic rings. The van der Waals surface area contributed by atoms with Gasteiger partial charge in [0, 0.05) is 9.50 Å². The van der Waals surface area contributed by atoms with Crippen molar-refractivity contribution >= 4 is 45.2 Å². The molecule has 0 aliphatic heterocycles. The number of carbonyl (C=O) groups is 2. The minimum Gasteiger partial charge on any atom is -0.480 e. The molecule has 1 aliphatic carbocycles. The summed E-state index contributed by atoms with van der Waals surface area (Å²) >= 11 is 9.12. The number of rotatable bonds is 3. The normalized spacial score (nSPS) is 16.3. The highest BCUT2D eigenvalue weighted by Gasteiger charge is 2.45. The molecule has 0 bridgehead atoms. The van der Waals surface area contributed by atoms with Gasteiger partial charge in [-0.2, -0.15) is 0 Å². The number of carboxylic acids is 1. The van der Waals surface area contributed by atoms with Gasteiger partial charge in [0.05, 0.1) is 5.69 Å². The van der Waals surface area contributed by atoms with E-state index in [2.05, 4.69) is 26.6 Å². The molecule has 0 saturated heterocycles. The molecule has 0 radical (unpaired) electrons. The van der Waals surface area contributed by atoms with Gasteiger partial charge in [-0.25, -0.2) is 9.59 Å². The molecule has 3 N–H and O–H groups in total. The first-order valence-electron chi connectivity index (χ1n) is 5.70. The third-order valence-electron chi connectivity index (χ3n) is 3.15. The van der Waals surface area contributed by atoms with Gasteiger partial charge in [-0.3, -0.25) is 0 Å². The third-order valence-corrected chi connectivity index (χ3v) is 4.07. The predicted octanol–water partition coefficient (Wildman–Crippen LogP) is 3.23. The van der Waals surface area contributed by atoms with Crippen LogP contribution in [0.4, 0.5) is 10.5 Å². The molecule has 1 saturated carbocycles. The lowest BCUT2D eigenvalue weighted by molar-refractivity contribution is -0.148. The minimum absolute atomic E-state index is 0.451. The molecule has 1 fully saturated rings. The number of aliphatic carboxylic acids is 1. The van der Waals surface area contributed by atoms with Crippen molar-refractivity contribution in [1.29, 1.82) is 0 Å². The Morgan fingerprint density at radius 1 is 1.37 bits per heavy atom. The van der Waals surface area contributed by atoms with Gasteiger partial charge < -0.3 is 15.7 Å². The first-order valence-corrected chi connectivity index (χ1v) is 6.88. The zero-order chi connectivity index (χ0) is 14.0. The van der Waals surface area contributed by atoms with Gasteiger partial charge in [0.2, 0.25) is 0 Å². The Hall–Kier alpha value is -1.27. The smallest absolute Gasteiger partial charge is 0.329 e. The molecule has 19 heavy (non-hydrogen) atoms. The molecule has 5 nitrogen and oxygen atoms in total. The van der Waals surface area contributed by atoms with E-state index in [1.54, 1.807) is 18.2 Å². The number of carbonyl (C=O) groups excluding carboxylic acids is 1. The van der Waals surface area contributed by atoms with Crippen molar-refractivity contribution in [1.82, 2.24) is 5.32 Å². The van der Waals surface area contributed by atoms with Crippen LogP contribution in [0.2, 0.25) is 5.02 Å². The number of benzene rings is 1. The second kappa shape index (κ2) is 5.38. The monoisotopic (exact) mass is 346 g/mol. The van der Waals surface area contributed by atoms with Crippen molar-refractivity contribution in [3.63, 3.8) is 0 Å². The Balaban J connectivity index is 2.05. The minimum atomic E-state index is -1.13. The van der Waals surface area contributed by atoms with E-state index >= 15 is 0 Å². The number of hydrogen-bond acceptors (Lipinski definition) is 2. The fourth-order valence-electron chi connectivity index (χ4n) is 1.89. The summed E-state index contributed by atoms with van der Waals surface area (Å²) < 4.78 is 0.671. The van der Waals surface area contributed by atoms with E-state index in [0.717, 1.165) is 6.42 Å². The van der Waals surface area contributed by atoms with Crippen molar-refractivity contribution in [2.75, 3.05) is 5.32 Å². The van der Waals surface area contributed by atoms with Crippen LogP contribution < -0.4 is 10.6 Å². The molecule has 1 aliphatic rings. The molecule has 0 atom stereocenters. The molecular formula is C12H12BrClN2O3. The molecule has 0 aromatic heterocycles. The number of amides is 2. The summed E-state index contributed by atoms with van der Waals surface area (Å²) in [6.07, 6.45) is 1.70. The van der Waals surface area contributed by atoms with E-state index in [1.807, 2.05) is 0 Å². The summed E-state index contributed by atoms with van der Waals surface area (Å²) in [6.45, 7) is 0. The van der Waals surface area contributed by atoms with Crippen LogP contribution in [0.5, 0.6) is 0 Å². The Morgan fingerprint density at radius 2 is 2.05 bits per heavy atom. The first-order chi connectivity index (χ1) is 8.93. The lowest BCUT2D eigenvalue weighted by atomic mass is 9.77. The van der Waals surface area contributed by atoms with Crippen LogP contribution in [-0.2, 0) is 4.79 Å². The largest absolute Gasteiger partial charge is 0.480 e. The number of halogens is 2. The SMILES string of the molecule is O=C(Nc1cc(Cl)ccc1Br)NC1(C(=O)O)CCC1. The van der Waals surface area contributed by atoms with Crippen molar-refractivity contribution < 1.29 is 14.7 Å². The second-order valence-electron chi connectivity index (χ2n) is 4.44. The molecule has 7 heteroatoms. The third kappa shape index (κ3) is 3.01. The van der Waals surface area contributed by atoms with Crippen LogP contribution in [0.15, 0.2) is 22.7 Å². The van der Waals surface area contributed by atoms with Crippen molar-refractivity contribution in [2.24, 2.45) is 0 Å². The van der Waals surface area contributed by atoms with Gasteiger partial charge in [0.1, 0.15) is 5.54 Å². The summed E-state index contributed by atoms with van der Waals surface area (Å²) in [7, 11) is 0. The topological polar surface area (TPSA) is 78.4 Å². The standard InChI is InChI=1S/C12H12BrClN2O3/c13-8-3-2-7(14)6-9(8)15-11(19)16-12(10(17)18)4-1-5-12/h2-3,6H,1,4-5H2,(H,17,18)(H2,15,16,19). The molecular weight excluding hydrogens is 336 g/mol. The summed E-state index contributed by atoms with van der Waals surface area (Å²) in [5.74, 6) is -1.00. The average Bonchev–Trinajstić information content (AvgIpc) is 2.28. The van der Waals surface area contributed by atoms with E-state index < -0.39 is 17.5 Å². The fraction of sp³-hybridized carbons (Fsp3) is 0.333. The Labute approximate surface area is 123 Å². The quantitative estimate of drug-likeness (QED) is 0.785. The van der Waals surface area contributed by atoms with Gasteiger partial charge in [-0.05, 0) is 53.4 Å². The van der Waals surface area contributed by atoms with Gasteiger partial charge in [-0.15, -0.1) is 0 Å². The van der Waals surface area contributed by atoms with Crippen LogP contribution >= 0.6 is 27.5 Å². The number of hydrogen-bond donors (Lipinski definition) is 3. The highest BCUT2D eigenvalue weighted by molar-refractivity contribution is 9.10. The average molecular weight is 348 g/mol. The number of anilines is 1. The van der Waals surface area contributed by atoms with E-state index in [4.69, 9.17) is 16.7 Å². The van der Waals surface area contributed by atoms with Crippen LogP contribution in [0.1, 0.15) is 19.3 Å². The molecule has 0 unspecified atom stereocenters. The summed E-state index contributed by atoms with van der Waals surface area (Å²) in [5.41, 5.74) is -0.639. The van der Waals surface area contributed by atoms with Crippen molar-refractivity contribution in [3.8, 4) is 0 Å². The molecule has 2 rings (SSSR count). The maximum atomic E-state index is 11.8. The maximum absolute atomic E-state index is 11.8. The van der Waals surface area contributed by atoms with E-state index in [1.165, 1.54) is 0 Å². The Bertz CT molecular complexity index is 532. The van der Waals surface area contributed by atoms with E-state index in [9.17, 15) is 9.59 Å². The Morgan fingerprint density at radius 3 is 2.58 bits per heavy atom. The van der Waals surface area contributed by atoms with Gasteiger partial charge in [0.15, 0.2) is 0 Å². The summed E-state index contributed by atoms with van der Waals surface area (Å²) in [6, 6.07) is 4.41. The molecule has 0 heterocycles. The summed E-state index contributed by atoms with van der Waals surface area (Å²) in [4.78, 5) is 23.0. The van der Waals surface area contributed by atoms with Crippen molar-refractivity contribution in [3.05, 3.63) is 27.7 Å². The fourth-order valence-corrected chi connectivity index (χ4v) is 2.40. The van der Waals surface area contributed by atoms with Crippen molar-refractivity contribution in [2.45, 2.75) is 24.8 Å². The number of carboxylic acid groups (broad SMARTS) is 1. The molecule has 2 amide bonds. The van der Waals surface area contributed by atoms with Crippen LogP contribution in [0.25, 0.3) is 0 Å².